The average molecular weight is 269 g/mol. The number of carboxylic acid groups (broad SMARTS) is 1. The highest BCUT2D eigenvalue weighted by molar-refractivity contribution is 7.84. The zero-order valence-electron chi connectivity index (χ0n) is 10.6. The Kier molecular flexibility index (Phi) is 6.01. The van der Waals surface area contributed by atoms with Crippen LogP contribution in [0.4, 0.5) is 0 Å². The minimum Gasteiger partial charge on any atom is -0.480 e. The lowest BCUT2D eigenvalue weighted by Gasteiger charge is -2.16. The van der Waals surface area contributed by atoms with Crippen LogP contribution in [0.15, 0.2) is 30.3 Å². The molecule has 0 radical (unpaired) electrons. The summed E-state index contributed by atoms with van der Waals surface area (Å²) in [6.07, 6.45) is 2.36. The maximum atomic E-state index is 11.2. The molecule has 18 heavy (non-hydrogen) atoms. The Morgan fingerprint density at radius 3 is 2.50 bits per heavy atom. The molecule has 0 bridgehead atoms. The van der Waals surface area contributed by atoms with Gasteiger partial charge < -0.3 is 10.4 Å². The fourth-order valence-corrected chi connectivity index (χ4v) is 2.04. The molecule has 4 nitrogen and oxygen atoms in total. The minimum atomic E-state index is -0.897. The molecule has 1 aromatic carbocycles. The van der Waals surface area contributed by atoms with Crippen LogP contribution in [-0.2, 0) is 15.6 Å². The molecular formula is C13H19NO3S. The first-order valence-electron chi connectivity index (χ1n) is 5.85. The van der Waals surface area contributed by atoms with Gasteiger partial charge in [0.05, 0.1) is 0 Å². The van der Waals surface area contributed by atoms with Gasteiger partial charge in [-0.1, -0.05) is 37.3 Å². The summed E-state index contributed by atoms with van der Waals surface area (Å²) in [6, 6.07) is 8.35. The Balaban J connectivity index is 2.55. The fourth-order valence-electron chi connectivity index (χ4n) is 1.59. The smallest absolute Gasteiger partial charge is 0.325 e. The molecule has 100 valence electrons. The first-order chi connectivity index (χ1) is 8.52. The third-order valence-corrected chi connectivity index (χ3v) is 4.21. The predicted molar refractivity (Wildman–Crippen MR) is 73.0 cm³/mol. The second kappa shape index (κ2) is 7.28. The third kappa shape index (κ3) is 4.58. The summed E-state index contributed by atoms with van der Waals surface area (Å²) in [5, 5.41) is 12.2. The predicted octanol–water partition coefficient (Wildman–Crippen LogP) is 1.56. The van der Waals surface area contributed by atoms with Gasteiger partial charge in [-0.2, -0.15) is 0 Å². The van der Waals surface area contributed by atoms with Gasteiger partial charge >= 0.3 is 5.97 Å². The molecule has 0 aliphatic rings. The number of benzene rings is 1. The molecule has 5 heteroatoms. The van der Waals surface area contributed by atoms with Crippen LogP contribution < -0.4 is 5.32 Å². The SMILES string of the molecule is CC(CCNC(C(=O)O)c1ccccc1)S(C)=O. The van der Waals surface area contributed by atoms with Gasteiger partial charge in [0.1, 0.15) is 6.04 Å². The van der Waals surface area contributed by atoms with Crippen molar-refractivity contribution in [2.75, 3.05) is 12.8 Å². The number of carboxylic acids is 1. The molecule has 0 heterocycles. The third-order valence-electron chi connectivity index (χ3n) is 2.85. The van der Waals surface area contributed by atoms with Crippen LogP contribution in [-0.4, -0.2) is 33.3 Å². The Hall–Kier alpha value is -1.20. The van der Waals surface area contributed by atoms with E-state index in [1.54, 1.807) is 18.4 Å². The van der Waals surface area contributed by atoms with Crippen molar-refractivity contribution in [1.29, 1.82) is 0 Å². The minimum absolute atomic E-state index is 0.0720. The second-order valence-corrected chi connectivity index (χ2v) is 6.04. The van der Waals surface area contributed by atoms with Gasteiger partial charge in [0.2, 0.25) is 0 Å². The highest BCUT2D eigenvalue weighted by Crippen LogP contribution is 2.12. The molecule has 0 amide bonds. The lowest BCUT2D eigenvalue weighted by atomic mass is 10.1. The molecule has 0 aliphatic heterocycles. The van der Waals surface area contributed by atoms with Gasteiger partial charge in [-0.25, -0.2) is 0 Å². The number of carbonyl (C=O) groups is 1. The van der Waals surface area contributed by atoms with E-state index in [1.807, 2.05) is 25.1 Å². The van der Waals surface area contributed by atoms with E-state index in [-0.39, 0.29) is 5.25 Å². The maximum absolute atomic E-state index is 11.2. The number of nitrogens with one attached hydrogen (secondary N) is 1. The molecule has 0 saturated carbocycles. The number of hydrogen-bond acceptors (Lipinski definition) is 3. The summed E-state index contributed by atoms with van der Waals surface area (Å²) in [4.78, 5) is 11.2. The summed E-state index contributed by atoms with van der Waals surface area (Å²) < 4.78 is 11.2. The van der Waals surface area contributed by atoms with Gasteiger partial charge in [-0.05, 0) is 18.5 Å². The summed E-state index contributed by atoms with van der Waals surface area (Å²) >= 11 is 0. The van der Waals surface area contributed by atoms with Gasteiger partial charge in [-0.3, -0.25) is 9.00 Å². The lowest BCUT2D eigenvalue weighted by molar-refractivity contribution is -0.139. The van der Waals surface area contributed by atoms with E-state index < -0.39 is 22.8 Å². The molecule has 0 saturated heterocycles. The van der Waals surface area contributed by atoms with Crippen molar-refractivity contribution in [3.8, 4) is 0 Å². The Morgan fingerprint density at radius 2 is 2.00 bits per heavy atom. The average Bonchev–Trinajstić information content (AvgIpc) is 2.34. The molecule has 2 N–H and O–H groups in total. The molecule has 0 spiro atoms. The quantitative estimate of drug-likeness (QED) is 0.788. The Bertz CT molecular complexity index is 408. The first kappa shape index (κ1) is 14.9. The van der Waals surface area contributed by atoms with Crippen molar-refractivity contribution in [3.63, 3.8) is 0 Å². The molecule has 0 fully saturated rings. The van der Waals surface area contributed by atoms with Crippen LogP contribution in [0.3, 0.4) is 0 Å². The van der Waals surface area contributed by atoms with Gasteiger partial charge in [0.15, 0.2) is 0 Å². The summed E-state index contributed by atoms with van der Waals surface area (Å²) in [7, 11) is -0.868. The highest BCUT2D eigenvalue weighted by Gasteiger charge is 2.18. The van der Waals surface area contributed by atoms with Crippen LogP contribution in [0, 0.1) is 0 Å². The monoisotopic (exact) mass is 269 g/mol. The zero-order chi connectivity index (χ0) is 13.5. The van der Waals surface area contributed by atoms with Crippen molar-refractivity contribution in [2.45, 2.75) is 24.6 Å². The van der Waals surface area contributed by atoms with E-state index in [9.17, 15) is 14.1 Å². The lowest BCUT2D eigenvalue weighted by Crippen LogP contribution is -2.31. The van der Waals surface area contributed by atoms with Crippen molar-refractivity contribution in [1.82, 2.24) is 5.32 Å². The van der Waals surface area contributed by atoms with Crippen molar-refractivity contribution < 1.29 is 14.1 Å². The standard InChI is InChI=1S/C13H19NO3S/c1-10(18(2)17)8-9-14-12(13(15)16)11-6-4-3-5-7-11/h3-7,10,12,14H,8-9H2,1-2H3,(H,15,16). The van der Waals surface area contributed by atoms with Crippen molar-refractivity contribution in [2.24, 2.45) is 0 Å². The van der Waals surface area contributed by atoms with E-state index in [0.29, 0.717) is 13.0 Å². The number of aliphatic carboxylic acids is 1. The van der Waals surface area contributed by atoms with Gasteiger partial charge in [0, 0.05) is 22.3 Å². The zero-order valence-corrected chi connectivity index (χ0v) is 11.4. The van der Waals surface area contributed by atoms with Crippen LogP contribution in [0.2, 0.25) is 0 Å². The summed E-state index contributed by atoms with van der Waals surface area (Å²) in [6.45, 7) is 2.43. The summed E-state index contributed by atoms with van der Waals surface area (Å²) in [5.41, 5.74) is 0.732. The van der Waals surface area contributed by atoms with Crippen LogP contribution >= 0.6 is 0 Å². The fraction of sp³-hybridized carbons (Fsp3) is 0.462. The molecule has 0 aliphatic carbocycles. The molecule has 1 rings (SSSR count). The Morgan fingerprint density at radius 1 is 1.39 bits per heavy atom. The molecular weight excluding hydrogens is 250 g/mol. The van der Waals surface area contributed by atoms with E-state index in [0.717, 1.165) is 5.56 Å². The molecule has 0 aromatic heterocycles. The van der Waals surface area contributed by atoms with E-state index >= 15 is 0 Å². The van der Waals surface area contributed by atoms with Crippen LogP contribution in [0.1, 0.15) is 24.9 Å². The summed E-state index contributed by atoms with van der Waals surface area (Å²) in [5.74, 6) is -0.897. The van der Waals surface area contributed by atoms with Crippen LogP contribution in [0.5, 0.6) is 0 Å². The van der Waals surface area contributed by atoms with Gasteiger partial charge in [-0.15, -0.1) is 0 Å². The number of hydrogen-bond donors (Lipinski definition) is 2. The largest absolute Gasteiger partial charge is 0.480 e. The van der Waals surface area contributed by atoms with Gasteiger partial charge in [0.25, 0.3) is 0 Å². The Labute approximate surface area is 110 Å². The highest BCUT2D eigenvalue weighted by atomic mass is 32.2. The van der Waals surface area contributed by atoms with E-state index in [4.69, 9.17) is 0 Å². The molecule has 1 aromatic rings. The first-order valence-corrected chi connectivity index (χ1v) is 7.48. The van der Waals surface area contributed by atoms with Crippen LogP contribution in [0.25, 0.3) is 0 Å². The van der Waals surface area contributed by atoms with E-state index in [2.05, 4.69) is 5.32 Å². The van der Waals surface area contributed by atoms with Crippen molar-refractivity contribution in [3.05, 3.63) is 35.9 Å². The normalized spacial score (nSPS) is 15.9. The van der Waals surface area contributed by atoms with Crippen molar-refractivity contribution >= 4 is 16.8 Å². The second-order valence-electron chi connectivity index (χ2n) is 4.23. The molecule has 3 unspecified atom stereocenters. The number of rotatable bonds is 7. The molecule has 3 atom stereocenters. The topological polar surface area (TPSA) is 66.4 Å². The maximum Gasteiger partial charge on any atom is 0.325 e. The van der Waals surface area contributed by atoms with E-state index in [1.165, 1.54) is 0 Å².